The van der Waals surface area contributed by atoms with Gasteiger partial charge in [-0.1, -0.05) is 28.1 Å². The van der Waals surface area contributed by atoms with Gasteiger partial charge in [0, 0.05) is 18.6 Å². The molecule has 110 valence electrons. The van der Waals surface area contributed by atoms with Crippen LogP contribution in [0.3, 0.4) is 0 Å². The summed E-state index contributed by atoms with van der Waals surface area (Å²) in [5, 5.41) is 0. The predicted molar refractivity (Wildman–Crippen MR) is 88.4 cm³/mol. The van der Waals surface area contributed by atoms with Crippen molar-refractivity contribution in [3.8, 4) is 0 Å². The summed E-state index contributed by atoms with van der Waals surface area (Å²) in [7, 11) is 3.80. The number of nitrogens with zero attached hydrogens (tertiary/aromatic N) is 1. The van der Waals surface area contributed by atoms with E-state index in [2.05, 4.69) is 15.9 Å². The van der Waals surface area contributed by atoms with Crippen LogP contribution >= 0.6 is 15.9 Å². The molecule has 0 aromatic heterocycles. The van der Waals surface area contributed by atoms with E-state index >= 15 is 0 Å². The van der Waals surface area contributed by atoms with E-state index in [1.54, 1.807) is 12.1 Å². The first-order valence-electron chi connectivity index (χ1n) is 6.46. The Balaban J connectivity index is 2.05. The Morgan fingerprint density at radius 2 is 2.00 bits per heavy atom. The Kier molecular flexibility index (Phi) is 4.85. The molecule has 5 heteroatoms. The van der Waals surface area contributed by atoms with Gasteiger partial charge in [-0.15, -0.1) is 0 Å². The Hall–Kier alpha value is -2.01. The highest BCUT2D eigenvalue weighted by Gasteiger charge is 2.10. The van der Waals surface area contributed by atoms with Crippen molar-refractivity contribution in [3.63, 3.8) is 0 Å². The van der Waals surface area contributed by atoms with Crippen LogP contribution in [-0.2, 0) is 11.3 Å². The maximum atomic E-state index is 12.0. The number of ether oxygens (including phenoxy) is 1. The summed E-state index contributed by atoms with van der Waals surface area (Å²) >= 11 is 3.38. The van der Waals surface area contributed by atoms with E-state index in [-0.39, 0.29) is 12.6 Å². The van der Waals surface area contributed by atoms with Crippen LogP contribution in [-0.4, -0.2) is 20.1 Å². The first-order valence-corrected chi connectivity index (χ1v) is 7.25. The molecule has 2 aromatic carbocycles. The molecular formula is C16H17BrN2O2. The quantitative estimate of drug-likeness (QED) is 0.679. The van der Waals surface area contributed by atoms with E-state index < -0.39 is 0 Å². The number of esters is 1. The van der Waals surface area contributed by atoms with Crippen LogP contribution < -0.4 is 10.6 Å². The van der Waals surface area contributed by atoms with Crippen LogP contribution in [0, 0.1) is 0 Å². The fraction of sp³-hybridized carbons (Fsp3) is 0.188. The van der Waals surface area contributed by atoms with Gasteiger partial charge < -0.3 is 15.4 Å². The first-order chi connectivity index (χ1) is 9.97. The van der Waals surface area contributed by atoms with Gasteiger partial charge in [0.1, 0.15) is 6.61 Å². The fourth-order valence-electron chi connectivity index (χ4n) is 1.95. The van der Waals surface area contributed by atoms with E-state index in [1.807, 2.05) is 49.3 Å². The summed E-state index contributed by atoms with van der Waals surface area (Å²) in [6, 6.07) is 12.8. The normalized spacial score (nSPS) is 10.2. The van der Waals surface area contributed by atoms with Crippen molar-refractivity contribution in [1.82, 2.24) is 0 Å². The number of carbonyl (C=O) groups is 1. The zero-order valence-electron chi connectivity index (χ0n) is 12.0. The molecule has 2 N–H and O–H groups in total. The zero-order chi connectivity index (χ0) is 15.4. The number of hydrogen-bond donors (Lipinski definition) is 1. The van der Waals surface area contributed by atoms with Crippen molar-refractivity contribution < 1.29 is 9.53 Å². The summed E-state index contributed by atoms with van der Waals surface area (Å²) in [5.41, 5.74) is 8.74. The van der Waals surface area contributed by atoms with Crippen molar-refractivity contribution in [1.29, 1.82) is 0 Å². The molecule has 21 heavy (non-hydrogen) atoms. The SMILES string of the molecule is CN(C)c1ccc(C(=O)OCc2cccc(Br)c2)cc1N. The minimum absolute atomic E-state index is 0.230. The third kappa shape index (κ3) is 3.98. The molecule has 0 saturated carbocycles. The lowest BCUT2D eigenvalue weighted by molar-refractivity contribution is 0.0472. The van der Waals surface area contributed by atoms with E-state index in [4.69, 9.17) is 10.5 Å². The van der Waals surface area contributed by atoms with Crippen molar-refractivity contribution in [2.75, 3.05) is 24.7 Å². The van der Waals surface area contributed by atoms with E-state index in [0.717, 1.165) is 15.7 Å². The van der Waals surface area contributed by atoms with Gasteiger partial charge in [0.25, 0.3) is 0 Å². The van der Waals surface area contributed by atoms with E-state index in [0.29, 0.717) is 11.3 Å². The van der Waals surface area contributed by atoms with Gasteiger partial charge in [-0.05, 0) is 35.9 Å². The average molecular weight is 349 g/mol. The molecule has 2 rings (SSSR count). The van der Waals surface area contributed by atoms with Gasteiger partial charge in [-0.2, -0.15) is 0 Å². The molecule has 0 radical (unpaired) electrons. The molecule has 0 saturated heterocycles. The Bertz CT molecular complexity index is 656. The highest BCUT2D eigenvalue weighted by molar-refractivity contribution is 9.10. The van der Waals surface area contributed by atoms with Crippen molar-refractivity contribution in [2.45, 2.75) is 6.61 Å². The van der Waals surface area contributed by atoms with Gasteiger partial charge >= 0.3 is 5.97 Å². The monoisotopic (exact) mass is 348 g/mol. The summed E-state index contributed by atoms with van der Waals surface area (Å²) in [5.74, 6) is -0.382. The maximum Gasteiger partial charge on any atom is 0.338 e. The smallest absolute Gasteiger partial charge is 0.338 e. The van der Waals surface area contributed by atoms with Gasteiger partial charge in [-0.25, -0.2) is 4.79 Å². The van der Waals surface area contributed by atoms with Crippen LogP contribution in [0.2, 0.25) is 0 Å². The number of halogens is 1. The Morgan fingerprint density at radius 3 is 2.62 bits per heavy atom. The standard InChI is InChI=1S/C16H17BrN2O2/c1-19(2)15-7-6-12(9-14(15)18)16(20)21-10-11-4-3-5-13(17)8-11/h3-9H,10,18H2,1-2H3. The molecule has 0 spiro atoms. The zero-order valence-corrected chi connectivity index (χ0v) is 13.6. The number of carbonyl (C=O) groups excluding carboxylic acids is 1. The van der Waals surface area contributed by atoms with Crippen LogP contribution in [0.25, 0.3) is 0 Å². The third-order valence-corrected chi connectivity index (χ3v) is 3.50. The van der Waals surface area contributed by atoms with Crippen molar-refractivity contribution >= 4 is 33.3 Å². The lowest BCUT2D eigenvalue weighted by atomic mass is 10.1. The topological polar surface area (TPSA) is 55.6 Å². The lowest BCUT2D eigenvalue weighted by Gasteiger charge is -2.15. The van der Waals surface area contributed by atoms with E-state index in [1.165, 1.54) is 0 Å². The average Bonchev–Trinajstić information content (AvgIpc) is 2.44. The largest absolute Gasteiger partial charge is 0.457 e. The van der Waals surface area contributed by atoms with E-state index in [9.17, 15) is 4.79 Å². The third-order valence-electron chi connectivity index (χ3n) is 3.00. The molecule has 0 unspecified atom stereocenters. The molecule has 0 fully saturated rings. The second-order valence-corrected chi connectivity index (χ2v) is 5.79. The lowest BCUT2D eigenvalue weighted by Crippen LogP contribution is -2.12. The van der Waals surface area contributed by atoms with Crippen molar-refractivity contribution in [2.24, 2.45) is 0 Å². The predicted octanol–water partition coefficient (Wildman–Crippen LogP) is 3.45. The first kappa shape index (κ1) is 15.4. The molecule has 0 aliphatic carbocycles. The Labute approximate surface area is 132 Å². The Morgan fingerprint density at radius 1 is 1.24 bits per heavy atom. The minimum Gasteiger partial charge on any atom is -0.457 e. The second kappa shape index (κ2) is 6.63. The highest BCUT2D eigenvalue weighted by Crippen LogP contribution is 2.23. The summed E-state index contributed by atoms with van der Waals surface area (Å²) < 4.78 is 6.25. The molecular weight excluding hydrogens is 332 g/mol. The van der Waals surface area contributed by atoms with Gasteiger partial charge in [0.05, 0.1) is 16.9 Å². The second-order valence-electron chi connectivity index (χ2n) is 4.87. The molecule has 0 bridgehead atoms. The molecule has 2 aromatic rings. The maximum absolute atomic E-state index is 12.0. The number of benzene rings is 2. The number of anilines is 2. The van der Waals surface area contributed by atoms with Crippen molar-refractivity contribution in [3.05, 3.63) is 58.1 Å². The van der Waals surface area contributed by atoms with Gasteiger partial charge in [-0.3, -0.25) is 0 Å². The van der Waals surface area contributed by atoms with Crippen LogP contribution in [0.5, 0.6) is 0 Å². The number of nitrogens with two attached hydrogens (primary N) is 1. The molecule has 0 aliphatic rings. The number of nitrogen functional groups attached to an aromatic ring is 1. The molecule has 4 nitrogen and oxygen atoms in total. The molecule has 0 heterocycles. The molecule has 0 atom stereocenters. The number of hydrogen-bond acceptors (Lipinski definition) is 4. The number of rotatable bonds is 4. The van der Waals surface area contributed by atoms with Crippen LogP contribution in [0.1, 0.15) is 15.9 Å². The van der Waals surface area contributed by atoms with Crippen LogP contribution in [0.4, 0.5) is 11.4 Å². The summed E-state index contributed by atoms with van der Waals surface area (Å²) in [6.45, 7) is 0.230. The van der Waals surface area contributed by atoms with Crippen LogP contribution in [0.15, 0.2) is 46.9 Å². The summed E-state index contributed by atoms with van der Waals surface area (Å²) in [6.07, 6.45) is 0. The molecule has 0 aliphatic heterocycles. The molecule has 0 amide bonds. The summed E-state index contributed by atoms with van der Waals surface area (Å²) in [4.78, 5) is 13.9. The highest BCUT2D eigenvalue weighted by atomic mass is 79.9. The van der Waals surface area contributed by atoms with Gasteiger partial charge in [0.15, 0.2) is 0 Å². The minimum atomic E-state index is -0.382. The fourth-order valence-corrected chi connectivity index (χ4v) is 2.39. The van der Waals surface area contributed by atoms with Gasteiger partial charge in [0.2, 0.25) is 0 Å².